The minimum absolute atomic E-state index is 0.0855. The molecule has 16 heavy (non-hydrogen) atoms. The van der Waals surface area contributed by atoms with E-state index in [0.717, 1.165) is 36.2 Å². The van der Waals surface area contributed by atoms with Gasteiger partial charge < -0.3 is 14.9 Å². The van der Waals surface area contributed by atoms with Crippen molar-refractivity contribution in [1.82, 2.24) is 4.90 Å². The van der Waals surface area contributed by atoms with Gasteiger partial charge in [0.2, 0.25) is 0 Å². The second kappa shape index (κ2) is 5.17. The molecule has 4 heteroatoms. The fourth-order valence-electron chi connectivity index (χ4n) is 1.94. The molecule has 0 bridgehead atoms. The van der Waals surface area contributed by atoms with Gasteiger partial charge in [-0.05, 0) is 30.8 Å². The van der Waals surface area contributed by atoms with Gasteiger partial charge in [0.1, 0.15) is 0 Å². The molecule has 0 aliphatic carbocycles. The first-order valence-corrected chi connectivity index (χ1v) is 6.33. The number of aliphatic hydroxyl groups excluding tert-OH is 1. The van der Waals surface area contributed by atoms with Crippen LogP contribution in [-0.4, -0.2) is 43.2 Å². The lowest BCUT2D eigenvalue weighted by molar-refractivity contribution is 0.281. The van der Waals surface area contributed by atoms with Crippen LogP contribution >= 0.6 is 15.9 Å². The maximum atomic E-state index is 9.23. The van der Waals surface area contributed by atoms with Crippen molar-refractivity contribution in [2.24, 2.45) is 0 Å². The molecule has 1 saturated heterocycles. The molecule has 1 aromatic carbocycles. The lowest BCUT2D eigenvalue weighted by atomic mass is 10.2. The van der Waals surface area contributed by atoms with Crippen LogP contribution in [-0.2, 0) is 6.61 Å². The average Bonchev–Trinajstić information content (AvgIpc) is 2.31. The largest absolute Gasteiger partial charge is 0.392 e. The molecule has 2 rings (SSSR count). The summed E-state index contributed by atoms with van der Waals surface area (Å²) in [7, 11) is 2.15. The summed E-state index contributed by atoms with van der Waals surface area (Å²) < 4.78 is 0.980. The monoisotopic (exact) mass is 284 g/mol. The first kappa shape index (κ1) is 11.9. The number of benzene rings is 1. The number of hydrogen-bond acceptors (Lipinski definition) is 3. The van der Waals surface area contributed by atoms with E-state index in [0.29, 0.717) is 0 Å². The van der Waals surface area contributed by atoms with Crippen LogP contribution in [0.15, 0.2) is 22.7 Å². The highest BCUT2D eigenvalue weighted by Crippen LogP contribution is 2.24. The zero-order chi connectivity index (χ0) is 11.5. The number of rotatable bonds is 2. The van der Waals surface area contributed by atoms with Gasteiger partial charge in [0.25, 0.3) is 0 Å². The van der Waals surface area contributed by atoms with Crippen molar-refractivity contribution in [3.8, 4) is 0 Å². The summed E-state index contributed by atoms with van der Waals surface area (Å²) in [6, 6.07) is 6.18. The highest BCUT2D eigenvalue weighted by Gasteiger charge is 2.14. The summed E-state index contributed by atoms with van der Waals surface area (Å²) in [5.41, 5.74) is 2.16. The number of likely N-dealkylation sites (N-methyl/N-ethyl adjacent to an activating group) is 1. The first-order valence-electron chi connectivity index (χ1n) is 5.53. The first-order chi connectivity index (χ1) is 7.70. The molecule has 1 fully saturated rings. The Morgan fingerprint density at radius 2 is 1.94 bits per heavy atom. The van der Waals surface area contributed by atoms with Crippen LogP contribution in [0.2, 0.25) is 0 Å². The third-order valence-corrected chi connectivity index (χ3v) is 3.84. The highest BCUT2D eigenvalue weighted by atomic mass is 79.9. The zero-order valence-corrected chi connectivity index (χ0v) is 11.1. The standard InChI is InChI=1S/C12H17BrN2O/c1-14-4-6-15(7-5-14)11-2-3-12(13)10(8-11)9-16/h2-3,8,16H,4-7,9H2,1H3. The van der Waals surface area contributed by atoms with E-state index in [1.165, 1.54) is 5.69 Å². The van der Waals surface area contributed by atoms with Gasteiger partial charge in [-0.2, -0.15) is 0 Å². The lowest BCUT2D eigenvalue weighted by Gasteiger charge is -2.34. The second-order valence-electron chi connectivity index (χ2n) is 4.22. The van der Waals surface area contributed by atoms with Crippen LogP contribution in [0.3, 0.4) is 0 Å². The van der Waals surface area contributed by atoms with E-state index in [1.54, 1.807) is 0 Å². The molecular formula is C12H17BrN2O. The fraction of sp³-hybridized carbons (Fsp3) is 0.500. The zero-order valence-electron chi connectivity index (χ0n) is 9.49. The summed E-state index contributed by atoms with van der Waals surface area (Å²) in [6.07, 6.45) is 0. The molecule has 0 amide bonds. The van der Waals surface area contributed by atoms with Crippen LogP contribution in [0.5, 0.6) is 0 Å². The summed E-state index contributed by atoms with van der Waals surface area (Å²) in [6.45, 7) is 4.41. The lowest BCUT2D eigenvalue weighted by Crippen LogP contribution is -2.44. The molecule has 1 aromatic rings. The Bertz CT molecular complexity index is 362. The van der Waals surface area contributed by atoms with Gasteiger partial charge in [-0.25, -0.2) is 0 Å². The van der Waals surface area contributed by atoms with Crippen molar-refractivity contribution in [3.63, 3.8) is 0 Å². The Hall–Kier alpha value is -0.580. The van der Waals surface area contributed by atoms with Crippen LogP contribution in [0, 0.1) is 0 Å². The Labute approximate surface area is 105 Å². The summed E-state index contributed by atoms with van der Waals surface area (Å²) >= 11 is 3.44. The van der Waals surface area contributed by atoms with Crippen molar-refractivity contribution >= 4 is 21.6 Å². The van der Waals surface area contributed by atoms with Crippen LogP contribution in [0.1, 0.15) is 5.56 Å². The van der Waals surface area contributed by atoms with Crippen LogP contribution in [0.25, 0.3) is 0 Å². The topological polar surface area (TPSA) is 26.7 Å². The highest BCUT2D eigenvalue weighted by molar-refractivity contribution is 9.10. The van der Waals surface area contributed by atoms with Crippen molar-refractivity contribution in [2.75, 3.05) is 38.1 Å². The summed E-state index contributed by atoms with van der Waals surface area (Å²) in [4.78, 5) is 4.70. The quantitative estimate of drug-likeness (QED) is 0.896. The molecule has 1 N–H and O–H groups in total. The SMILES string of the molecule is CN1CCN(c2ccc(Br)c(CO)c2)CC1. The third-order valence-electron chi connectivity index (χ3n) is 3.07. The van der Waals surface area contributed by atoms with Gasteiger partial charge in [-0.15, -0.1) is 0 Å². The number of hydrogen-bond donors (Lipinski definition) is 1. The molecule has 0 atom stereocenters. The molecule has 0 aromatic heterocycles. The summed E-state index contributed by atoms with van der Waals surface area (Å²) in [5, 5.41) is 9.23. The number of piperazine rings is 1. The van der Waals surface area contributed by atoms with E-state index in [4.69, 9.17) is 0 Å². The molecule has 0 saturated carbocycles. The van der Waals surface area contributed by atoms with E-state index in [2.05, 4.69) is 44.9 Å². The number of anilines is 1. The van der Waals surface area contributed by atoms with E-state index in [9.17, 15) is 5.11 Å². The predicted molar refractivity (Wildman–Crippen MR) is 69.8 cm³/mol. The van der Waals surface area contributed by atoms with E-state index >= 15 is 0 Å². The van der Waals surface area contributed by atoms with Gasteiger partial charge in [0, 0.05) is 36.3 Å². The molecule has 0 radical (unpaired) electrons. The van der Waals surface area contributed by atoms with Crippen LogP contribution < -0.4 is 4.90 Å². The normalized spacial score (nSPS) is 17.8. The molecule has 1 aliphatic heterocycles. The molecular weight excluding hydrogens is 268 g/mol. The van der Waals surface area contributed by atoms with Crippen molar-refractivity contribution in [2.45, 2.75) is 6.61 Å². The van der Waals surface area contributed by atoms with E-state index < -0.39 is 0 Å². The Kier molecular flexibility index (Phi) is 3.84. The van der Waals surface area contributed by atoms with Crippen LogP contribution in [0.4, 0.5) is 5.69 Å². The summed E-state index contributed by atoms with van der Waals surface area (Å²) in [5.74, 6) is 0. The van der Waals surface area contributed by atoms with Gasteiger partial charge in [-0.3, -0.25) is 0 Å². The Balaban J connectivity index is 2.14. The van der Waals surface area contributed by atoms with Crippen molar-refractivity contribution in [1.29, 1.82) is 0 Å². The Morgan fingerprint density at radius 1 is 1.25 bits per heavy atom. The molecule has 0 unspecified atom stereocenters. The van der Waals surface area contributed by atoms with Gasteiger partial charge in [0.05, 0.1) is 6.61 Å². The Morgan fingerprint density at radius 3 is 2.56 bits per heavy atom. The molecule has 88 valence electrons. The molecule has 3 nitrogen and oxygen atoms in total. The molecule has 0 spiro atoms. The minimum Gasteiger partial charge on any atom is -0.392 e. The maximum absolute atomic E-state index is 9.23. The predicted octanol–water partition coefficient (Wildman–Crippen LogP) is 1.69. The van der Waals surface area contributed by atoms with Crippen molar-refractivity contribution < 1.29 is 5.11 Å². The third kappa shape index (κ3) is 2.56. The van der Waals surface area contributed by atoms with Gasteiger partial charge in [-0.1, -0.05) is 15.9 Å². The number of aliphatic hydroxyl groups is 1. The second-order valence-corrected chi connectivity index (χ2v) is 5.08. The van der Waals surface area contributed by atoms with Crippen molar-refractivity contribution in [3.05, 3.63) is 28.2 Å². The smallest absolute Gasteiger partial charge is 0.0693 e. The molecule has 1 heterocycles. The maximum Gasteiger partial charge on any atom is 0.0693 e. The minimum atomic E-state index is 0.0855. The van der Waals surface area contributed by atoms with E-state index in [-0.39, 0.29) is 6.61 Å². The van der Waals surface area contributed by atoms with E-state index in [1.807, 2.05) is 6.07 Å². The van der Waals surface area contributed by atoms with Gasteiger partial charge >= 0.3 is 0 Å². The fourth-order valence-corrected chi connectivity index (χ4v) is 2.32. The average molecular weight is 285 g/mol. The molecule has 1 aliphatic rings. The number of halogens is 1. The van der Waals surface area contributed by atoms with Gasteiger partial charge in [0.15, 0.2) is 0 Å². The number of nitrogens with zero attached hydrogens (tertiary/aromatic N) is 2.